The summed E-state index contributed by atoms with van der Waals surface area (Å²) in [5.74, 6) is 3.01. The Hall–Kier alpha value is -1.92. The van der Waals surface area contributed by atoms with Crippen molar-refractivity contribution in [2.75, 3.05) is 26.2 Å². The van der Waals surface area contributed by atoms with Crippen LogP contribution < -0.4 is 10.1 Å². The molecule has 0 bridgehead atoms. The van der Waals surface area contributed by atoms with Crippen LogP contribution in [0.3, 0.4) is 0 Å². The summed E-state index contributed by atoms with van der Waals surface area (Å²) >= 11 is 0. The quantitative estimate of drug-likeness (QED) is 0.756. The molecule has 25 heavy (non-hydrogen) atoms. The molecule has 2 aliphatic rings. The van der Waals surface area contributed by atoms with E-state index in [1.165, 1.54) is 44.3 Å². The number of hydrogen-bond acceptors (Lipinski definition) is 6. The van der Waals surface area contributed by atoms with E-state index in [4.69, 9.17) is 9.26 Å². The summed E-state index contributed by atoms with van der Waals surface area (Å²) in [7, 11) is 0. The summed E-state index contributed by atoms with van der Waals surface area (Å²) in [4.78, 5) is 6.88. The SMILES string of the molecule is c1cc(OCCN2CCCC2)ccc1CNCc1nc(C2CC2)no1. The van der Waals surface area contributed by atoms with Gasteiger partial charge in [-0.1, -0.05) is 17.3 Å². The van der Waals surface area contributed by atoms with Gasteiger partial charge in [-0.15, -0.1) is 0 Å². The van der Waals surface area contributed by atoms with E-state index < -0.39 is 0 Å². The van der Waals surface area contributed by atoms with Gasteiger partial charge in [0.25, 0.3) is 0 Å². The number of ether oxygens (including phenoxy) is 1. The van der Waals surface area contributed by atoms with Crippen LogP contribution in [0.1, 0.15) is 48.9 Å². The zero-order chi connectivity index (χ0) is 16.9. The fraction of sp³-hybridized carbons (Fsp3) is 0.579. The molecule has 1 aliphatic heterocycles. The van der Waals surface area contributed by atoms with Crippen molar-refractivity contribution < 1.29 is 9.26 Å². The molecular weight excluding hydrogens is 316 g/mol. The third-order valence-electron chi connectivity index (χ3n) is 4.83. The van der Waals surface area contributed by atoms with Crippen LogP contribution in [0.15, 0.2) is 28.8 Å². The summed E-state index contributed by atoms with van der Waals surface area (Å²) in [6.45, 7) is 5.60. The van der Waals surface area contributed by atoms with Crippen molar-refractivity contribution in [3.8, 4) is 5.75 Å². The molecule has 1 saturated heterocycles. The van der Waals surface area contributed by atoms with Crippen molar-refractivity contribution in [3.05, 3.63) is 41.5 Å². The van der Waals surface area contributed by atoms with Crippen LogP contribution in [-0.4, -0.2) is 41.3 Å². The van der Waals surface area contributed by atoms with E-state index in [1.54, 1.807) is 0 Å². The first-order valence-electron chi connectivity index (χ1n) is 9.34. The lowest BCUT2D eigenvalue weighted by Crippen LogP contribution is -2.25. The van der Waals surface area contributed by atoms with Gasteiger partial charge >= 0.3 is 0 Å². The zero-order valence-corrected chi connectivity index (χ0v) is 14.6. The molecule has 2 heterocycles. The molecule has 134 valence electrons. The van der Waals surface area contributed by atoms with Crippen molar-refractivity contribution in [1.82, 2.24) is 20.4 Å². The van der Waals surface area contributed by atoms with Crippen LogP contribution in [0.25, 0.3) is 0 Å². The Bertz CT molecular complexity index is 660. The van der Waals surface area contributed by atoms with Crippen LogP contribution in [-0.2, 0) is 13.1 Å². The third-order valence-corrected chi connectivity index (χ3v) is 4.83. The number of nitrogens with zero attached hydrogens (tertiary/aromatic N) is 3. The van der Waals surface area contributed by atoms with Crippen LogP contribution in [0.5, 0.6) is 5.75 Å². The highest BCUT2D eigenvalue weighted by Crippen LogP contribution is 2.38. The first-order valence-corrected chi connectivity index (χ1v) is 9.34. The fourth-order valence-electron chi connectivity index (χ4n) is 3.16. The highest BCUT2D eigenvalue weighted by molar-refractivity contribution is 5.27. The average Bonchev–Trinajstić information content (AvgIpc) is 3.15. The van der Waals surface area contributed by atoms with Crippen LogP contribution in [0.2, 0.25) is 0 Å². The van der Waals surface area contributed by atoms with Crippen molar-refractivity contribution in [2.24, 2.45) is 0 Å². The molecule has 2 aromatic rings. The van der Waals surface area contributed by atoms with Gasteiger partial charge in [0.2, 0.25) is 5.89 Å². The summed E-state index contributed by atoms with van der Waals surface area (Å²) < 4.78 is 11.1. The molecular formula is C19H26N4O2. The van der Waals surface area contributed by atoms with Gasteiger partial charge in [-0.25, -0.2) is 0 Å². The van der Waals surface area contributed by atoms with Gasteiger partial charge in [0, 0.05) is 19.0 Å². The molecule has 1 saturated carbocycles. The van der Waals surface area contributed by atoms with Crippen LogP contribution in [0, 0.1) is 0 Å². The molecule has 1 aliphatic carbocycles. The number of nitrogens with one attached hydrogen (secondary N) is 1. The Morgan fingerprint density at radius 1 is 1.12 bits per heavy atom. The van der Waals surface area contributed by atoms with Crippen molar-refractivity contribution >= 4 is 0 Å². The molecule has 0 amide bonds. The van der Waals surface area contributed by atoms with Crippen LogP contribution >= 0.6 is 0 Å². The minimum atomic E-state index is 0.538. The Kier molecular flexibility index (Phi) is 5.28. The number of likely N-dealkylation sites (tertiary alicyclic amines) is 1. The second kappa shape index (κ2) is 7.97. The predicted molar refractivity (Wildman–Crippen MR) is 94.4 cm³/mol. The molecule has 6 nitrogen and oxygen atoms in total. The van der Waals surface area contributed by atoms with Gasteiger partial charge < -0.3 is 14.6 Å². The topological polar surface area (TPSA) is 63.4 Å². The molecule has 6 heteroatoms. The largest absolute Gasteiger partial charge is 0.492 e. The number of hydrogen-bond donors (Lipinski definition) is 1. The first-order chi connectivity index (χ1) is 12.4. The summed E-state index contributed by atoms with van der Waals surface area (Å²) in [5.41, 5.74) is 1.22. The maximum absolute atomic E-state index is 5.83. The molecule has 0 unspecified atom stereocenters. The first kappa shape index (κ1) is 16.5. The van der Waals surface area contributed by atoms with Gasteiger partial charge in [-0.2, -0.15) is 4.98 Å². The van der Waals surface area contributed by atoms with E-state index >= 15 is 0 Å². The van der Waals surface area contributed by atoms with Gasteiger partial charge in [-0.3, -0.25) is 4.90 Å². The average molecular weight is 342 g/mol. The van der Waals surface area contributed by atoms with Gasteiger partial charge in [-0.05, 0) is 56.5 Å². The summed E-state index contributed by atoms with van der Waals surface area (Å²) in [5, 5.41) is 7.37. The number of aromatic nitrogens is 2. The standard InChI is InChI=1S/C19H26N4O2/c1-2-10-23(9-1)11-12-24-17-7-3-15(4-8-17)13-20-14-18-21-19(22-25-18)16-5-6-16/h3-4,7-8,16,20H,1-2,5-6,9-14H2. The highest BCUT2D eigenvalue weighted by Gasteiger charge is 2.28. The summed E-state index contributed by atoms with van der Waals surface area (Å²) in [6, 6.07) is 8.28. The minimum Gasteiger partial charge on any atom is -0.492 e. The second-order valence-corrected chi connectivity index (χ2v) is 6.97. The lowest BCUT2D eigenvalue weighted by molar-refractivity contribution is 0.238. The molecule has 1 aromatic carbocycles. The summed E-state index contributed by atoms with van der Waals surface area (Å²) in [6.07, 6.45) is 5.04. The maximum atomic E-state index is 5.83. The molecule has 1 aromatic heterocycles. The van der Waals surface area contributed by atoms with Gasteiger partial charge in [0.1, 0.15) is 12.4 Å². The number of benzene rings is 1. The fourth-order valence-corrected chi connectivity index (χ4v) is 3.16. The van der Waals surface area contributed by atoms with Crippen molar-refractivity contribution in [3.63, 3.8) is 0 Å². The number of rotatable bonds is 9. The van der Waals surface area contributed by atoms with Crippen molar-refractivity contribution in [2.45, 2.75) is 44.7 Å². The second-order valence-electron chi connectivity index (χ2n) is 6.97. The monoisotopic (exact) mass is 342 g/mol. The van der Waals surface area contributed by atoms with E-state index in [0.717, 1.165) is 31.3 Å². The third kappa shape index (κ3) is 4.80. The Morgan fingerprint density at radius 2 is 1.92 bits per heavy atom. The van der Waals surface area contributed by atoms with Crippen LogP contribution in [0.4, 0.5) is 0 Å². The highest BCUT2D eigenvalue weighted by atomic mass is 16.5. The smallest absolute Gasteiger partial charge is 0.240 e. The molecule has 2 fully saturated rings. The predicted octanol–water partition coefficient (Wildman–Crippen LogP) is 2.71. The van der Waals surface area contributed by atoms with E-state index in [-0.39, 0.29) is 0 Å². The van der Waals surface area contributed by atoms with Gasteiger partial charge in [0.15, 0.2) is 5.82 Å². The van der Waals surface area contributed by atoms with E-state index in [0.29, 0.717) is 18.4 Å². The normalized spacial score (nSPS) is 17.9. The van der Waals surface area contributed by atoms with E-state index in [2.05, 4.69) is 32.5 Å². The van der Waals surface area contributed by atoms with E-state index in [1.807, 2.05) is 12.1 Å². The van der Waals surface area contributed by atoms with E-state index in [9.17, 15) is 0 Å². The molecule has 0 radical (unpaired) electrons. The van der Waals surface area contributed by atoms with Gasteiger partial charge in [0.05, 0.1) is 6.54 Å². The molecule has 1 N–H and O–H groups in total. The van der Waals surface area contributed by atoms with Crippen molar-refractivity contribution in [1.29, 1.82) is 0 Å². The Morgan fingerprint density at radius 3 is 2.68 bits per heavy atom. The molecule has 0 atom stereocenters. The lowest BCUT2D eigenvalue weighted by atomic mass is 10.2. The molecule has 4 rings (SSSR count). The molecule has 0 spiro atoms. The zero-order valence-electron chi connectivity index (χ0n) is 14.6. The Balaban J connectivity index is 1.16. The maximum Gasteiger partial charge on any atom is 0.240 e. The lowest BCUT2D eigenvalue weighted by Gasteiger charge is -2.15. The Labute approximate surface area is 148 Å². The minimum absolute atomic E-state index is 0.538.